The minimum absolute atomic E-state index is 0.395. The predicted octanol–water partition coefficient (Wildman–Crippen LogP) is 1.28. The number of para-hydroxylation sites is 1. The van der Waals surface area contributed by atoms with Crippen molar-refractivity contribution >= 4 is 16.7 Å². The number of nitrogens with two attached hydrogens (primary N) is 2. The first-order valence-corrected chi connectivity index (χ1v) is 4.68. The van der Waals surface area contributed by atoms with Gasteiger partial charge in [0, 0.05) is 17.5 Å². The topological polar surface area (TPSA) is 74.2 Å². The zero-order valence-electron chi connectivity index (χ0n) is 8.53. The summed E-state index contributed by atoms with van der Waals surface area (Å²) in [6.07, 6.45) is 0. The zero-order chi connectivity index (χ0) is 10.8. The maximum atomic E-state index is 5.77. The van der Waals surface area contributed by atoms with E-state index in [4.69, 9.17) is 16.2 Å². The molecular formula is C11H13N3O. The van der Waals surface area contributed by atoms with Gasteiger partial charge in [-0.15, -0.1) is 0 Å². The number of methoxy groups -OCH3 is 1. The molecule has 1 heterocycles. The van der Waals surface area contributed by atoms with Crippen molar-refractivity contribution in [2.24, 2.45) is 5.73 Å². The average Bonchev–Trinajstić information content (AvgIpc) is 2.27. The van der Waals surface area contributed by atoms with Crippen LogP contribution in [0.2, 0.25) is 0 Å². The van der Waals surface area contributed by atoms with E-state index in [1.165, 1.54) is 0 Å². The van der Waals surface area contributed by atoms with Crippen molar-refractivity contribution in [1.29, 1.82) is 0 Å². The molecule has 78 valence electrons. The molecule has 15 heavy (non-hydrogen) atoms. The highest BCUT2D eigenvalue weighted by molar-refractivity contribution is 5.86. The number of hydrogen-bond donors (Lipinski definition) is 2. The number of aromatic nitrogens is 1. The van der Waals surface area contributed by atoms with Crippen molar-refractivity contribution in [3.05, 3.63) is 29.8 Å². The number of benzene rings is 1. The molecule has 0 spiro atoms. The third kappa shape index (κ3) is 1.59. The van der Waals surface area contributed by atoms with Crippen molar-refractivity contribution in [3.8, 4) is 5.75 Å². The maximum absolute atomic E-state index is 5.77. The van der Waals surface area contributed by atoms with E-state index < -0.39 is 0 Å². The third-order valence-electron chi connectivity index (χ3n) is 2.36. The van der Waals surface area contributed by atoms with E-state index in [1.54, 1.807) is 7.11 Å². The first kappa shape index (κ1) is 9.73. The molecule has 2 rings (SSSR count). The Morgan fingerprint density at radius 1 is 1.40 bits per heavy atom. The highest BCUT2D eigenvalue weighted by atomic mass is 16.5. The summed E-state index contributed by atoms with van der Waals surface area (Å²) in [7, 11) is 1.61. The molecule has 0 aliphatic heterocycles. The van der Waals surface area contributed by atoms with Crippen molar-refractivity contribution in [2.75, 3.05) is 12.8 Å². The van der Waals surface area contributed by atoms with Crippen molar-refractivity contribution in [3.63, 3.8) is 0 Å². The van der Waals surface area contributed by atoms with E-state index in [0.717, 1.165) is 22.2 Å². The molecule has 0 radical (unpaired) electrons. The van der Waals surface area contributed by atoms with Gasteiger partial charge in [-0.25, -0.2) is 4.98 Å². The van der Waals surface area contributed by atoms with Crippen LogP contribution in [0.5, 0.6) is 5.75 Å². The Morgan fingerprint density at radius 2 is 2.20 bits per heavy atom. The molecule has 1 aromatic carbocycles. The standard InChI is InChI=1S/C11H13N3O/c1-15-9-4-2-3-7-5-8(6-12)11(13)14-10(7)9/h2-5H,6,12H2,1H3,(H2,13,14). The van der Waals surface area contributed by atoms with Crippen LogP contribution in [0.1, 0.15) is 5.56 Å². The van der Waals surface area contributed by atoms with Gasteiger partial charge in [0.15, 0.2) is 0 Å². The van der Waals surface area contributed by atoms with E-state index in [2.05, 4.69) is 4.98 Å². The number of pyridine rings is 1. The normalized spacial score (nSPS) is 10.5. The van der Waals surface area contributed by atoms with Crippen molar-refractivity contribution < 1.29 is 4.74 Å². The van der Waals surface area contributed by atoms with E-state index in [0.29, 0.717) is 12.4 Å². The fourth-order valence-corrected chi connectivity index (χ4v) is 1.56. The van der Waals surface area contributed by atoms with Crippen LogP contribution >= 0.6 is 0 Å². The number of ether oxygens (including phenoxy) is 1. The van der Waals surface area contributed by atoms with Crippen LogP contribution in [0.15, 0.2) is 24.3 Å². The lowest BCUT2D eigenvalue weighted by Crippen LogP contribution is -2.04. The lowest BCUT2D eigenvalue weighted by atomic mass is 10.1. The van der Waals surface area contributed by atoms with Gasteiger partial charge in [-0.1, -0.05) is 12.1 Å². The van der Waals surface area contributed by atoms with Crippen molar-refractivity contribution in [1.82, 2.24) is 4.98 Å². The predicted molar refractivity (Wildman–Crippen MR) is 60.6 cm³/mol. The van der Waals surface area contributed by atoms with Gasteiger partial charge in [0.2, 0.25) is 0 Å². The van der Waals surface area contributed by atoms with Gasteiger partial charge in [-0.05, 0) is 12.1 Å². The van der Waals surface area contributed by atoms with Gasteiger partial charge in [-0.3, -0.25) is 0 Å². The summed E-state index contributed by atoms with van der Waals surface area (Å²) in [4.78, 5) is 4.29. The van der Waals surface area contributed by atoms with Gasteiger partial charge >= 0.3 is 0 Å². The molecule has 0 saturated heterocycles. The van der Waals surface area contributed by atoms with Crippen LogP contribution < -0.4 is 16.2 Å². The third-order valence-corrected chi connectivity index (χ3v) is 2.36. The molecular weight excluding hydrogens is 190 g/mol. The van der Waals surface area contributed by atoms with Gasteiger partial charge in [0.1, 0.15) is 17.1 Å². The smallest absolute Gasteiger partial charge is 0.145 e. The second-order valence-electron chi connectivity index (χ2n) is 3.27. The second-order valence-corrected chi connectivity index (χ2v) is 3.27. The summed E-state index contributed by atoms with van der Waals surface area (Å²) in [5, 5.41) is 0.990. The van der Waals surface area contributed by atoms with Crippen LogP contribution in [-0.2, 0) is 6.54 Å². The van der Waals surface area contributed by atoms with Gasteiger partial charge in [-0.2, -0.15) is 0 Å². The highest BCUT2D eigenvalue weighted by Crippen LogP contribution is 2.26. The monoisotopic (exact) mass is 203 g/mol. The van der Waals surface area contributed by atoms with Crippen LogP contribution in [-0.4, -0.2) is 12.1 Å². The maximum Gasteiger partial charge on any atom is 0.145 e. The first-order valence-electron chi connectivity index (χ1n) is 4.68. The number of nitrogens with zero attached hydrogens (tertiary/aromatic N) is 1. The number of nitrogen functional groups attached to an aromatic ring is 1. The fourth-order valence-electron chi connectivity index (χ4n) is 1.56. The van der Waals surface area contributed by atoms with Gasteiger partial charge in [0.05, 0.1) is 7.11 Å². The van der Waals surface area contributed by atoms with E-state index in [9.17, 15) is 0 Å². The number of hydrogen-bond acceptors (Lipinski definition) is 4. The van der Waals surface area contributed by atoms with E-state index >= 15 is 0 Å². The Balaban J connectivity index is 2.74. The molecule has 0 aliphatic rings. The number of anilines is 1. The Kier molecular flexibility index (Phi) is 2.43. The minimum atomic E-state index is 0.395. The molecule has 0 amide bonds. The molecule has 0 saturated carbocycles. The Hall–Kier alpha value is -1.81. The average molecular weight is 203 g/mol. The first-order chi connectivity index (χ1) is 7.26. The summed E-state index contributed by atoms with van der Waals surface area (Å²) in [5.74, 6) is 1.19. The fraction of sp³-hybridized carbons (Fsp3) is 0.182. The molecule has 0 atom stereocenters. The van der Waals surface area contributed by atoms with Crippen LogP contribution in [0.25, 0.3) is 10.9 Å². The SMILES string of the molecule is COc1cccc2cc(CN)c(N)nc12. The summed E-state index contributed by atoms with van der Waals surface area (Å²) < 4.78 is 5.21. The lowest BCUT2D eigenvalue weighted by Gasteiger charge is -2.07. The second kappa shape index (κ2) is 3.74. The van der Waals surface area contributed by atoms with Crippen LogP contribution in [0.4, 0.5) is 5.82 Å². The Morgan fingerprint density at radius 3 is 2.87 bits per heavy atom. The quantitative estimate of drug-likeness (QED) is 0.771. The molecule has 0 unspecified atom stereocenters. The van der Waals surface area contributed by atoms with E-state index in [1.807, 2.05) is 24.3 Å². The zero-order valence-corrected chi connectivity index (χ0v) is 8.53. The molecule has 0 aliphatic carbocycles. The molecule has 4 N–H and O–H groups in total. The molecule has 0 bridgehead atoms. The van der Waals surface area contributed by atoms with Crippen LogP contribution in [0, 0.1) is 0 Å². The molecule has 2 aromatic rings. The Labute approximate surface area is 87.9 Å². The summed E-state index contributed by atoms with van der Waals surface area (Å²) in [6, 6.07) is 7.68. The molecule has 4 nitrogen and oxygen atoms in total. The van der Waals surface area contributed by atoms with Crippen molar-refractivity contribution in [2.45, 2.75) is 6.54 Å². The van der Waals surface area contributed by atoms with Crippen LogP contribution in [0.3, 0.4) is 0 Å². The van der Waals surface area contributed by atoms with Gasteiger partial charge in [0.25, 0.3) is 0 Å². The molecule has 1 aromatic heterocycles. The lowest BCUT2D eigenvalue weighted by molar-refractivity contribution is 0.419. The largest absolute Gasteiger partial charge is 0.494 e. The minimum Gasteiger partial charge on any atom is -0.494 e. The Bertz CT molecular complexity index is 496. The van der Waals surface area contributed by atoms with E-state index in [-0.39, 0.29) is 0 Å². The summed E-state index contributed by atoms with van der Waals surface area (Å²) in [6.45, 7) is 0.395. The molecule has 4 heteroatoms. The number of rotatable bonds is 2. The summed E-state index contributed by atoms with van der Waals surface area (Å²) >= 11 is 0. The number of fused-ring (bicyclic) bond motifs is 1. The highest BCUT2D eigenvalue weighted by Gasteiger charge is 2.06. The van der Waals surface area contributed by atoms with Gasteiger partial charge < -0.3 is 16.2 Å². The summed E-state index contributed by atoms with van der Waals surface area (Å²) in [5.41, 5.74) is 13.0. The molecule has 0 fully saturated rings.